The van der Waals surface area contributed by atoms with Crippen molar-refractivity contribution < 1.29 is 19.1 Å². The molecule has 4 nitrogen and oxygen atoms in total. The van der Waals surface area contributed by atoms with Crippen LogP contribution in [0.4, 0.5) is 0 Å². The van der Waals surface area contributed by atoms with E-state index < -0.39 is 0 Å². The Morgan fingerprint density at radius 3 is 1.84 bits per heavy atom. The number of hydrogen-bond acceptors (Lipinski definition) is 4. The maximum absolute atomic E-state index is 12.6. The van der Waals surface area contributed by atoms with Gasteiger partial charge in [-0.15, -0.1) is 0 Å². The molecule has 0 amide bonds. The highest BCUT2D eigenvalue weighted by Gasteiger charge is 2.26. The summed E-state index contributed by atoms with van der Waals surface area (Å²) < 4.78 is 11.9. The van der Waals surface area contributed by atoms with E-state index in [2.05, 4.69) is 26.8 Å². The van der Waals surface area contributed by atoms with Crippen molar-refractivity contribution in [2.24, 2.45) is 0 Å². The van der Waals surface area contributed by atoms with Gasteiger partial charge in [0.25, 0.3) is 0 Å². The quantitative estimate of drug-likeness (QED) is 0.182. The fourth-order valence-electron chi connectivity index (χ4n) is 4.11. The first kappa shape index (κ1) is 23.1. The molecule has 3 rings (SSSR count). The van der Waals surface area contributed by atoms with Crippen molar-refractivity contribution in [3.8, 4) is 11.5 Å². The molecule has 0 bridgehead atoms. The third-order valence-electron chi connectivity index (χ3n) is 5.84. The average molecular weight is 423 g/mol. The molecular weight excluding hydrogens is 388 g/mol. The Balaban J connectivity index is 2.00. The second-order valence-electron chi connectivity index (χ2n) is 8.45. The van der Waals surface area contributed by atoms with Crippen LogP contribution >= 0.6 is 0 Å². The van der Waals surface area contributed by atoms with Crippen LogP contribution in [0.5, 0.6) is 11.5 Å². The van der Waals surface area contributed by atoms with Crippen LogP contribution in [0.15, 0.2) is 35.9 Å². The van der Waals surface area contributed by atoms with E-state index in [0.717, 1.165) is 60.4 Å². The molecule has 4 heteroatoms. The zero-order valence-corrected chi connectivity index (χ0v) is 19.1. The topological polar surface area (TPSA) is 52.6 Å². The molecular formula is C27H34O4. The van der Waals surface area contributed by atoms with Crippen molar-refractivity contribution >= 4 is 22.7 Å². The number of fused-ring (bicyclic) bond motifs is 2. The minimum atomic E-state index is -0.198. The summed E-state index contributed by atoms with van der Waals surface area (Å²) in [5.74, 6) is 0.862. The second-order valence-corrected chi connectivity index (χ2v) is 8.45. The third-order valence-corrected chi connectivity index (χ3v) is 5.84. The first-order chi connectivity index (χ1) is 15.0. The Morgan fingerprint density at radius 2 is 1.32 bits per heavy atom. The number of carbonyl (C=O) groups is 2. The van der Waals surface area contributed by atoms with Gasteiger partial charge in [0.15, 0.2) is 0 Å². The van der Waals surface area contributed by atoms with Gasteiger partial charge in [0, 0.05) is 34.7 Å². The van der Waals surface area contributed by atoms with Crippen molar-refractivity contribution in [2.75, 3.05) is 0 Å². The molecule has 2 aromatic rings. The molecule has 0 aliphatic heterocycles. The van der Waals surface area contributed by atoms with Crippen LogP contribution < -0.4 is 9.47 Å². The Bertz CT molecular complexity index is 971. The van der Waals surface area contributed by atoms with Gasteiger partial charge in [0.1, 0.15) is 11.5 Å². The van der Waals surface area contributed by atoms with Crippen LogP contribution in [0, 0.1) is 0 Å². The van der Waals surface area contributed by atoms with Crippen molar-refractivity contribution in [2.45, 2.75) is 85.0 Å². The lowest BCUT2D eigenvalue weighted by molar-refractivity contribution is -0.135. The van der Waals surface area contributed by atoms with Gasteiger partial charge in [0.2, 0.25) is 0 Å². The second kappa shape index (κ2) is 11.1. The fraction of sp³-hybridized carbons (Fsp3) is 0.481. The van der Waals surface area contributed by atoms with E-state index in [9.17, 15) is 9.59 Å². The van der Waals surface area contributed by atoms with Gasteiger partial charge in [-0.1, -0.05) is 75.4 Å². The Morgan fingerprint density at radius 1 is 0.806 bits per heavy atom. The number of esters is 2. The monoisotopic (exact) mass is 422 g/mol. The number of allylic oxidation sites excluding steroid dienone is 2. The average Bonchev–Trinajstić information content (AvgIpc) is 2.76. The lowest BCUT2D eigenvalue weighted by Crippen LogP contribution is -2.15. The van der Waals surface area contributed by atoms with Crippen LogP contribution in [-0.2, 0) is 22.4 Å². The summed E-state index contributed by atoms with van der Waals surface area (Å²) >= 11 is 0. The Kier molecular flexibility index (Phi) is 8.27. The summed E-state index contributed by atoms with van der Waals surface area (Å²) in [4.78, 5) is 25.2. The van der Waals surface area contributed by atoms with Crippen LogP contribution in [-0.4, -0.2) is 11.9 Å². The van der Waals surface area contributed by atoms with Crippen LogP contribution in [0.3, 0.4) is 0 Å². The Hall–Kier alpha value is -2.62. The van der Waals surface area contributed by atoms with E-state index in [4.69, 9.17) is 9.47 Å². The lowest BCUT2D eigenvalue weighted by atomic mass is 9.87. The predicted octanol–water partition coefficient (Wildman–Crippen LogP) is 6.86. The SMILES string of the molecule is CCCCCC(=O)Oc1c2c(c(OC(=O)CCCCC)c3ccccc13)CC(C)=CC2. The van der Waals surface area contributed by atoms with Crippen molar-refractivity contribution in [1.82, 2.24) is 0 Å². The zero-order chi connectivity index (χ0) is 22.2. The standard InChI is InChI=1S/C27H34O4/c1-4-6-8-14-24(28)30-26-20-12-10-11-13-21(20)27(31-25(29)15-9-7-5-2)23-18-19(3)16-17-22(23)26/h10-13,16H,4-9,14-15,17-18H2,1-3H3. The molecule has 1 aliphatic carbocycles. The molecule has 2 aromatic carbocycles. The summed E-state index contributed by atoms with van der Waals surface area (Å²) in [6, 6.07) is 7.76. The molecule has 166 valence electrons. The normalized spacial score (nSPS) is 12.9. The van der Waals surface area contributed by atoms with E-state index in [1.807, 2.05) is 24.3 Å². The molecule has 0 aromatic heterocycles. The fourth-order valence-corrected chi connectivity index (χ4v) is 4.11. The molecule has 31 heavy (non-hydrogen) atoms. The molecule has 0 saturated carbocycles. The van der Waals surface area contributed by atoms with E-state index in [0.29, 0.717) is 37.2 Å². The van der Waals surface area contributed by atoms with Crippen LogP contribution in [0.2, 0.25) is 0 Å². The number of ether oxygens (including phenoxy) is 2. The first-order valence-corrected chi connectivity index (χ1v) is 11.7. The van der Waals surface area contributed by atoms with Crippen molar-refractivity contribution in [3.63, 3.8) is 0 Å². The Labute approximate surface area is 185 Å². The zero-order valence-electron chi connectivity index (χ0n) is 19.1. The molecule has 0 spiro atoms. The van der Waals surface area contributed by atoms with Gasteiger partial charge in [-0.25, -0.2) is 0 Å². The van der Waals surface area contributed by atoms with E-state index in [1.54, 1.807) is 0 Å². The molecule has 0 fully saturated rings. The maximum atomic E-state index is 12.6. The van der Waals surface area contributed by atoms with E-state index in [1.165, 1.54) is 5.57 Å². The molecule has 0 N–H and O–H groups in total. The highest BCUT2D eigenvalue weighted by molar-refractivity contribution is 5.99. The van der Waals surface area contributed by atoms with Crippen molar-refractivity contribution in [1.29, 1.82) is 0 Å². The summed E-state index contributed by atoms with van der Waals surface area (Å²) in [6.45, 7) is 6.32. The van der Waals surface area contributed by atoms with Gasteiger partial charge in [-0.2, -0.15) is 0 Å². The molecule has 0 unspecified atom stereocenters. The van der Waals surface area contributed by atoms with Gasteiger partial charge in [-0.3, -0.25) is 9.59 Å². The molecule has 1 aliphatic rings. The molecule has 0 heterocycles. The first-order valence-electron chi connectivity index (χ1n) is 11.7. The largest absolute Gasteiger partial charge is 0.426 e. The molecule has 0 radical (unpaired) electrons. The van der Waals surface area contributed by atoms with Gasteiger partial charge in [0.05, 0.1) is 0 Å². The predicted molar refractivity (Wildman–Crippen MR) is 125 cm³/mol. The number of hydrogen-bond donors (Lipinski definition) is 0. The number of carbonyl (C=O) groups excluding carboxylic acids is 2. The van der Waals surface area contributed by atoms with Crippen LogP contribution in [0.25, 0.3) is 10.8 Å². The number of benzene rings is 2. The van der Waals surface area contributed by atoms with Gasteiger partial charge in [-0.05, 0) is 32.6 Å². The highest BCUT2D eigenvalue weighted by Crippen LogP contribution is 2.44. The maximum Gasteiger partial charge on any atom is 0.311 e. The molecule has 0 atom stereocenters. The summed E-state index contributed by atoms with van der Waals surface area (Å²) in [6.07, 6.45) is 10.2. The van der Waals surface area contributed by atoms with Crippen LogP contribution in [0.1, 0.15) is 83.3 Å². The number of unbranched alkanes of at least 4 members (excludes halogenated alkanes) is 4. The molecule has 0 saturated heterocycles. The van der Waals surface area contributed by atoms with E-state index in [-0.39, 0.29) is 11.9 Å². The smallest absolute Gasteiger partial charge is 0.311 e. The summed E-state index contributed by atoms with van der Waals surface area (Å²) in [5.41, 5.74) is 3.16. The number of rotatable bonds is 10. The summed E-state index contributed by atoms with van der Waals surface area (Å²) in [7, 11) is 0. The lowest BCUT2D eigenvalue weighted by Gasteiger charge is -2.24. The van der Waals surface area contributed by atoms with Gasteiger partial charge >= 0.3 is 11.9 Å². The minimum Gasteiger partial charge on any atom is -0.426 e. The third kappa shape index (κ3) is 5.75. The van der Waals surface area contributed by atoms with Gasteiger partial charge < -0.3 is 9.47 Å². The summed E-state index contributed by atoms with van der Waals surface area (Å²) in [5, 5.41) is 1.66. The highest BCUT2D eigenvalue weighted by atomic mass is 16.5. The minimum absolute atomic E-state index is 0.197. The van der Waals surface area contributed by atoms with Crippen molar-refractivity contribution in [3.05, 3.63) is 47.0 Å². The van der Waals surface area contributed by atoms with E-state index >= 15 is 0 Å².